The first kappa shape index (κ1) is 49.6. The monoisotopic (exact) mass is 835 g/mol. The van der Waals surface area contributed by atoms with Crippen LogP contribution in [0.3, 0.4) is 0 Å². The van der Waals surface area contributed by atoms with E-state index in [1.54, 1.807) is 41.7 Å². The van der Waals surface area contributed by atoms with Gasteiger partial charge in [-0.25, -0.2) is 0 Å². The molecule has 4 aliphatic rings. The second kappa shape index (κ2) is 20.4. The fourth-order valence-electron chi connectivity index (χ4n) is 10.0. The van der Waals surface area contributed by atoms with Gasteiger partial charge in [-0.1, -0.05) is 27.7 Å². The Morgan fingerprint density at radius 1 is 0.914 bits per heavy atom. The molecule has 20 atom stereocenters. The highest BCUT2D eigenvalue weighted by Gasteiger charge is 2.55. The first-order chi connectivity index (χ1) is 27.0. The number of cyclic esters (lactones) is 1. The number of fused-ring (bicyclic) bond motifs is 2. The number of esters is 1. The predicted octanol–water partition coefficient (Wildman–Crippen LogP) is 2.20. The maximum absolute atomic E-state index is 14.5. The smallest absolute Gasteiger partial charge is 0.311 e. The number of rotatable bonds is 12. The Labute approximate surface area is 346 Å². The predicted molar refractivity (Wildman–Crippen MR) is 214 cm³/mol. The van der Waals surface area contributed by atoms with Crippen molar-refractivity contribution in [2.24, 2.45) is 23.7 Å². The summed E-state index contributed by atoms with van der Waals surface area (Å²) in [5.41, 5.74) is -4.27. The quantitative estimate of drug-likeness (QED) is 0.142. The van der Waals surface area contributed by atoms with Crippen LogP contribution in [0.5, 0.6) is 0 Å². The summed E-state index contributed by atoms with van der Waals surface area (Å²) in [6.07, 6.45) is -8.29. The molecule has 340 valence electrons. The minimum atomic E-state index is -1.64. The van der Waals surface area contributed by atoms with Crippen molar-refractivity contribution in [1.82, 2.24) is 10.2 Å². The Morgan fingerprint density at radius 3 is 2.19 bits per heavy atom. The molecule has 0 aromatic rings. The molecule has 0 aliphatic carbocycles. The van der Waals surface area contributed by atoms with Crippen molar-refractivity contribution < 1.29 is 67.9 Å². The fraction of sp³-hybridized carbons (Fsp3) is 0.976. The van der Waals surface area contributed by atoms with Crippen LogP contribution in [0.25, 0.3) is 0 Å². The Morgan fingerprint density at radius 2 is 1.59 bits per heavy atom. The van der Waals surface area contributed by atoms with Crippen LogP contribution in [0.15, 0.2) is 0 Å². The minimum absolute atomic E-state index is 0.137. The standard InChI is InChI=1S/C42H78N2O14/c1-15-29-42(10,49)37-24(4)32(43-30(56-37)21-52-17-16-50-13)22(2)19-40(8,48)36(58-39-33(45)28(44(11)12)18-23(3)53-39)25(5)34(26(6)38(47)55-29)57-31-20-41(9,51-14)35(46)27(7)54-31/h22-37,39,43,45-46,48-49H,15-21H2,1-14H3/t22-,23-,24+,25+,26-,27+,28?,29-,30?,31?,32+,33-,34+,35?,36-,37-,39?,40-,41?,42-/m1/s1. The van der Waals surface area contributed by atoms with E-state index in [1.807, 2.05) is 53.6 Å². The zero-order chi connectivity index (χ0) is 43.5. The number of nitrogens with one attached hydrogen (secondary N) is 1. The summed E-state index contributed by atoms with van der Waals surface area (Å²) < 4.78 is 55.7. The Balaban J connectivity index is 1.83. The summed E-state index contributed by atoms with van der Waals surface area (Å²) in [5, 5.41) is 51.5. The molecule has 4 fully saturated rings. The molecule has 0 aromatic carbocycles. The highest BCUT2D eigenvalue weighted by Crippen LogP contribution is 2.43. The molecule has 0 saturated carbocycles. The second-order valence-corrected chi connectivity index (χ2v) is 18.6. The molecule has 4 heterocycles. The number of aliphatic hydroxyl groups is 4. The molecule has 4 saturated heterocycles. The first-order valence-corrected chi connectivity index (χ1v) is 21.4. The molecule has 0 aromatic heterocycles. The van der Waals surface area contributed by atoms with Crippen LogP contribution in [0.2, 0.25) is 0 Å². The van der Waals surface area contributed by atoms with Crippen LogP contribution in [-0.4, -0.2) is 176 Å². The van der Waals surface area contributed by atoms with Crippen molar-refractivity contribution >= 4 is 5.97 Å². The topological polar surface area (TPSA) is 196 Å². The van der Waals surface area contributed by atoms with Gasteiger partial charge in [-0.3, -0.25) is 10.1 Å². The molecule has 58 heavy (non-hydrogen) atoms. The third-order valence-electron chi connectivity index (χ3n) is 13.5. The van der Waals surface area contributed by atoms with Crippen LogP contribution in [-0.2, 0) is 47.4 Å². The van der Waals surface area contributed by atoms with Gasteiger partial charge in [-0.05, 0) is 80.8 Å². The van der Waals surface area contributed by atoms with Crippen molar-refractivity contribution in [3.63, 3.8) is 0 Å². The number of nitrogens with zero attached hydrogens (tertiary/aromatic N) is 1. The maximum Gasteiger partial charge on any atom is 0.311 e. The van der Waals surface area contributed by atoms with Crippen LogP contribution < -0.4 is 5.32 Å². The third kappa shape index (κ3) is 11.1. The van der Waals surface area contributed by atoms with E-state index in [0.29, 0.717) is 19.6 Å². The number of hydrogen-bond acceptors (Lipinski definition) is 16. The summed E-state index contributed by atoms with van der Waals surface area (Å²) in [5.74, 6) is -2.95. The van der Waals surface area contributed by atoms with Gasteiger partial charge in [0.2, 0.25) is 0 Å². The zero-order valence-corrected chi connectivity index (χ0v) is 37.6. The molecule has 2 bridgehead atoms. The molecule has 6 unspecified atom stereocenters. The third-order valence-corrected chi connectivity index (χ3v) is 13.5. The molecule has 16 nitrogen and oxygen atoms in total. The van der Waals surface area contributed by atoms with E-state index in [2.05, 4.69) is 5.32 Å². The van der Waals surface area contributed by atoms with Crippen molar-refractivity contribution in [3.05, 3.63) is 0 Å². The lowest BCUT2D eigenvalue weighted by molar-refractivity contribution is -0.318. The van der Waals surface area contributed by atoms with Gasteiger partial charge in [0.1, 0.15) is 30.1 Å². The van der Waals surface area contributed by atoms with Crippen LogP contribution in [0.1, 0.15) is 94.9 Å². The molecule has 0 radical (unpaired) electrons. The largest absolute Gasteiger partial charge is 0.459 e. The molecular formula is C42H78N2O14. The summed E-state index contributed by atoms with van der Waals surface area (Å²) in [7, 11) is 6.90. The van der Waals surface area contributed by atoms with E-state index >= 15 is 0 Å². The van der Waals surface area contributed by atoms with Gasteiger partial charge in [-0.15, -0.1) is 0 Å². The number of likely N-dealkylation sites (N-methyl/N-ethyl adjacent to an activating group) is 1. The van der Waals surface area contributed by atoms with Crippen molar-refractivity contribution in [2.45, 2.75) is 191 Å². The average molecular weight is 835 g/mol. The van der Waals surface area contributed by atoms with Gasteiger partial charge in [0.05, 0.1) is 67.5 Å². The van der Waals surface area contributed by atoms with E-state index in [1.165, 1.54) is 7.11 Å². The number of carbonyl (C=O) groups is 1. The first-order valence-electron chi connectivity index (χ1n) is 21.4. The number of hydrogen-bond donors (Lipinski definition) is 5. The number of ether oxygens (including phenoxy) is 9. The molecule has 4 rings (SSSR count). The van der Waals surface area contributed by atoms with Gasteiger partial charge in [0, 0.05) is 44.6 Å². The normalized spacial score (nSPS) is 48.7. The summed E-state index contributed by atoms with van der Waals surface area (Å²) >= 11 is 0. The maximum atomic E-state index is 14.5. The molecular weight excluding hydrogens is 756 g/mol. The van der Waals surface area contributed by atoms with E-state index in [0.717, 1.165) is 0 Å². The summed E-state index contributed by atoms with van der Waals surface area (Å²) in [4.78, 5) is 16.4. The highest BCUT2D eigenvalue weighted by atomic mass is 16.7. The molecule has 0 amide bonds. The fourth-order valence-corrected chi connectivity index (χ4v) is 10.0. The van der Waals surface area contributed by atoms with Crippen molar-refractivity contribution in [1.29, 1.82) is 0 Å². The van der Waals surface area contributed by atoms with Gasteiger partial charge in [0.25, 0.3) is 0 Å². The molecule has 4 aliphatic heterocycles. The van der Waals surface area contributed by atoms with E-state index in [4.69, 9.17) is 42.6 Å². The Hall–Kier alpha value is -1.09. The SMILES string of the molecule is CC[C@H]1OC(=O)[C@H](C)[C@@H](OC2CC(C)(OC)C(O)[C@H](C)O2)[C@H](C)[C@@H](OC2O[C@H](C)CC(N(C)C)[C@H]2O)[C@](C)(O)C[C@@H](C)[C@@H]2NC(COCCOC)O[C@H]([C@H]2C)[C@]1(C)O. The summed E-state index contributed by atoms with van der Waals surface area (Å²) in [6.45, 7) is 19.1. The lowest BCUT2D eigenvalue weighted by atomic mass is 9.71. The Bertz CT molecular complexity index is 1290. The Kier molecular flexibility index (Phi) is 17.4. The molecule has 16 heteroatoms. The average Bonchev–Trinajstić information content (AvgIpc) is 3.15. The molecule has 5 N–H and O–H groups in total. The number of methoxy groups -OCH3 is 2. The number of carbonyl (C=O) groups excluding carboxylic acids is 1. The van der Waals surface area contributed by atoms with Crippen LogP contribution in [0.4, 0.5) is 0 Å². The van der Waals surface area contributed by atoms with E-state index in [-0.39, 0.29) is 55.9 Å². The lowest BCUT2D eigenvalue weighted by Crippen LogP contribution is -2.67. The van der Waals surface area contributed by atoms with Crippen LogP contribution >= 0.6 is 0 Å². The van der Waals surface area contributed by atoms with Gasteiger partial charge in [0.15, 0.2) is 12.6 Å². The van der Waals surface area contributed by atoms with Crippen molar-refractivity contribution in [2.75, 3.05) is 48.1 Å². The van der Waals surface area contributed by atoms with Crippen LogP contribution in [0, 0.1) is 23.7 Å². The van der Waals surface area contributed by atoms with E-state index in [9.17, 15) is 25.2 Å². The van der Waals surface area contributed by atoms with Gasteiger partial charge < -0.3 is 68.0 Å². The summed E-state index contributed by atoms with van der Waals surface area (Å²) in [6, 6.07) is -0.593. The lowest BCUT2D eigenvalue weighted by Gasteiger charge is -2.52. The molecule has 0 spiro atoms. The minimum Gasteiger partial charge on any atom is -0.459 e. The highest BCUT2D eigenvalue weighted by molar-refractivity contribution is 5.73. The van der Waals surface area contributed by atoms with Gasteiger partial charge >= 0.3 is 5.97 Å². The van der Waals surface area contributed by atoms with Crippen molar-refractivity contribution in [3.8, 4) is 0 Å². The zero-order valence-electron chi connectivity index (χ0n) is 37.6. The van der Waals surface area contributed by atoms with E-state index < -0.39 is 96.1 Å². The van der Waals surface area contributed by atoms with Gasteiger partial charge in [-0.2, -0.15) is 0 Å². The number of aliphatic hydroxyl groups excluding tert-OH is 2. The second-order valence-electron chi connectivity index (χ2n) is 18.6.